The van der Waals surface area contributed by atoms with Crippen LogP contribution in [-0.4, -0.2) is 28.2 Å². The van der Waals surface area contributed by atoms with Gasteiger partial charge >= 0.3 is 6.01 Å². The van der Waals surface area contributed by atoms with E-state index in [9.17, 15) is 4.79 Å². The monoisotopic (exact) mass is 226 g/mol. The number of hydrogen-bond donors (Lipinski definition) is 2. The van der Waals surface area contributed by atoms with Crippen LogP contribution in [0.25, 0.3) is 0 Å². The van der Waals surface area contributed by atoms with E-state index in [1.54, 1.807) is 0 Å². The van der Waals surface area contributed by atoms with E-state index < -0.39 is 0 Å². The minimum Gasteiger partial charge on any atom is -0.466 e. The van der Waals surface area contributed by atoms with Gasteiger partial charge in [0.2, 0.25) is 11.9 Å². The molecule has 90 valence electrons. The summed E-state index contributed by atoms with van der Waals surface area (Å²) in [5, 5.41) is 8.98. The molecule has 0 saturated carbocycles. The van der Waals surface area contributed by atoms with Crippen molar-refractivity contribution in [1.82, 2.24) is 15.2 Å². The minimum absolute atomic E-state index is 0.0545. The number of nitrogens with one attached hydrogen (secondary N) is 2. The summed E-state index contributed by atoms with van der Waals surface area (Å²) in [5.74, 6) is 0.538. The van der Waals surface area contributed by atoms with Gasteiger partial charge in [-0.1, -0.05) is 27.2 Å². The topological polar surface area (TPSA) is 79.9 Å². The Hall–Kier alpha value is -1.59. The molecule has 1 rings (SSSR count). The lowest BCUT2D eigenvalue weighted by molar-refractivity contribution is -0.120. The van der Waals surface area contributed by atoms with E-state index in [4.69, 9.17) is 4.74 Å². The van der Waals surface area contributed by atoms with E-state index in [0.717, 1.165) is 6.42 Å². The Morgan fingerprint density at radius 2 is 2.25 bits per heavy atom. The molecule has 1 aromatic heterocycles. The standard InChI is InChI=1S/C10H18N4O2/c1-5-6(2)7(3)8(15)11-9-12-10(16-4)14-13-9/h6-7H,5H2,1-4H3,(H2,11,12,13,14,15)/t6-,7+/m1/s1. The highest BCUT2D eigenvalue weighted by Crippen LogP contribution is 2.16. The zero-order chi connectivity index (χ0) is 12.1. The van der Waals surface area contributed by atoms with Crippen molar-refractivity contribution in [2.24, 2.45) is 11.8 Å². The summed E-state index contributed by atoms with van der Waals surface area (Å²) in [7, 11) is 1.47. The number of anilines is 1. The molecule has 0 radical (unpaired) electrons. The minimum atomic E-state index is -0.0619. The summed E-state index contributed by atoms with van der Waals surface area (Å²) < 4.78 is 4.80. The second-order valence-corrected chi connectivity index (χ2v) is 3.83. The van der Waals surface area contributed by atoms with Crippen LogP contribution in [-0.2, 0) is 4.79 Å². The summed E-state index contributed by atoms with van der Waals surface area (Å²) in [6.07, 6.45) is 0.967. The highest BCUT2D eigenvalue weighted by atomic mass is 16.5. The zero-order valence-electron chi connectivity index (χ0n) is 10.1. The van der Waals surface area contributed by atoms with Crippen molar-refractivity contribution in [1.29, 1.82) is 0 Å². The van der Waals surface area contributed by atoms with Crippen LogP contribution in [0, 0.1) is 11.8 Å². The largest absolute Gasteiger partial charge is 0.466 e. The second-order valence-electron chi connectivity index (χ2n) is 3.83. The average Bonchev–Trinajstić information content (AvgIpc) is 2.74. The number of H-pyrrole nitrogens is 1. The Morgan fingerprint density at radius 3 is 2.75 bits per heavy atom. The Labute approximate surface area is 94.8 Å². The molecule has 2 N–H and O–H groups in total. The van der Waals surface area contributed by atoms with E-state index in [0.29, 0.717) is 11.9 Å². The molecule has 0 bridgehead atoms. The van der Waals surface area contributed by atoms with Gasteiger partial charge in [-0.15, -0.1) is 5.10 Å². The Bertz CT molecular complexity index is 350. The third-order valence-corrected chi connectivity index (χ3v) is 2.80. The van der Waals surface area contributed by atoms with E-state index in [1.807, 2.05) is 13.8 Å². The number of amides is 1. The maximum atomic E-state index is 11.8. The van der Waals surface area contributed by atoms with Crippen molar-refractivity contribution in [3.8, 4) is 6.01 Å². The van der Waals surface area contributed by atoms with Crippen molar-refractivity contribution in [2.45, 2.75) is 27.2 Å². The first-order valence-electron chi connectivity index (χ1n) is 5.35. The summed E-state index contributed by atoms with van der Waals surface area (Å²) >= 11 is 0. The average molecular weight is 226 g/mol. The highest BCUT2D eigenvalue weighted by Gasteiger charge is 2.19. The SMILES string of the molecule is CC[C@@H](C)[C@H](C)C(=O)Nc1nc(OC)n[nH]1. The summed E-state index contributed by atoms with van der Waals surface area (Å²) in [5.41, 5.74) is 0. The van der Waals surface area contributed by atoms with Gasteiger partial charge in [0, 0.05) is 5.92 Å². The third kappa shape index (κ3) is 2.95. The fraction of sp³-hybridized carbons (Fsp3) is 0.700. The Morgan fingerprint density at radius 1 is 1.56 bits per heavy atom. The normalized spacial score (nSPS) is 14.2. The molecule has 0 unspecified atom stereocenters. The molecule has 0 aliphatic heterocycles. The molecule has 6 nitrogen and oxygen atoms in total. The van der Waals surface area contributed by atoms with Gasteiger partial charge in [-0.2, -0.15) is 4.98 Å². The fourth-order valence-corrected chi connectivity index (χ4v) is 1.24. The van der Waals surface area contributed by atoms with E-state index in [-0.39, 0.29) is 17.8 Å². The zero-order valence-corrected chi connectivity index (χ0v) is 10.1. The van der Waals surface area contributed by atoms with E-state index >= 15 is 0 Å². The van der Waals surface area contributed by atoms with Gasteiger partial charge < -0.3 is 4.74 Å². The molecule has 0 aliphatic carbocycles. The summed E-state index contributed by atoms with van der Waals surface area (Å²) in [4.78, 5) is 15.7. The van der Waals surface area contributed by atoms with Crippen LogP contribution in [0.4, 0.5) is 5.95 Å². The molecular formula is C10H18N4O2. The second kappa shape index (κ2) is 5.48. The first-order chi connectivity index (χ1) is 7.58. The molecule has 0 fully saturated rings. The maximum absolute atomic E-state index is 11.8. The summed E-state index contributed by atoms with van der Waals surface area (Å²) in [6, 6.07) is 0.214. The van der Waals surface area contributed by atoms with Gasteiger partial charge in [-0.25, -0.2) is 5.10 Å². The van der Waals surface area contributed by atoms with Crippen molar-refractivity contribution < 1.29 is 9.53 Å². The number of hydrogen-bond acceptors (Lipinski definition) is 4. The number of aromatic nitrogens is 3. The lowest BCUT2D eigenvalue weighted by Gasteiger charge is -2.16. The molecule has 0 spiro atoms. The number of carbonyl (C=O) groups excluding carboxylic acids is 1. The van der Waals surface area contributed by atoms with Gasteiger partial charge in [0.05, 0.1) is 7.11 Å². The van der Waals surface area contributed by atoms with Crippen LogP contribution >= 0.6 is 0 Å². The number of rotatable bonds is 5. The Balaban J connectivity index is 2.57. The maximum Gasteiger partial charge on any atom is 0.336 e. The number of ether oxygens (including phenoxy) is 1. The van der Waals surface area contributed by atoms with Gasteiger partial charge in [0.1, 0.15) is 0 Å². The first kappa shape index (κ1) is 12.5. The van der Waals surface area contributed by atoms with Crippen LogP contribution in [0.15, 0.2) is 0 Å². The fourth-order valence-electron chi connectivity index (χ4n) is 1.24. The van der Waals surface area contributed by atoms with Crippen LogP contribution in [0.1, 0.15) is 27.2 Å². The van der Waals surface area contributed by atoms with E-state index in [1.165, 1.54) is 7.11 Å². The third-order valence-electron chi connectivity index (χ3n) is 2.80. The molecule has 0 aliphatic rings. The van der Waals surface area contributed by atoms with Crippen LogP contribution < -0.4 is 10.1 Å². The lowest BCUT2D eigenvalue weighted by Crippen LogP contribution is -2.25. The van der Waals surface area contributed by atoms with E-state index in [2.05, 4.69) is 27.4 Å². The molecule has 1 amide bonds. The Kier molecular flexibility index (Phi) is 4.28. The number of methoxy groups -OCH3 is 1. The van der Waals surface area contributed by atoms with Crippen LogP contribution in [0.3, 0.4) is 0 Å². The smallest absolute Gasteiger partial charge is 0.336 e. The predicted molar refractivity (Wildman–Crippen MR) is 60.2 cm³/mol. The number of aromatic amines is 1. The molecule has 1 aromatic rings. The molecule has 0 saturated heterocycles. The number of nitrogens with zero attached hydrogens (tertiary/aromatic N) is 2. The van der Waals surface area contributed by atoms with Gasteiger partial charge in [-0.05, 0) is 5.92 Å². The number of carbonyl (C=O) groups is 1. The summed E-state index contributed by atoms with van der Waals surface area (Å²) in [6.45, 7) is 6.01. The predicted octanol–water partition coefficient (Wildman–Crippen LogP) is 1.43. The van der Waals surface area contributed by atoms with Crippen molar-refractivity contribution in [3.63, 3.8) is 0 Å². The molecule has 16 heavy (non-hydrogen) atoms. The highest BCUT2D eigenvalue weighted by molar-refractivity contribution is 5.90. The van der Waals surface area contributed by atoms with Crippen molar-refractivity contribution in [2.75, 3.05) is 12.4 Å². The van der Waals surface area contributed by atoms with Gasteiger partial charge in [0.15, 0.2) is 0 Å². The lowest BCUT2D eigenvalue weighted by atomic mass is 9.93. The van der Waals surface area contributed by atoms with Crippen LogP contribution in [0.2, 0.25) is 0 Å². The molecule has 2 atom stereocenters. The molecule has 0 aromatic carbocycles. The quantitative estimate of drug-likeness (QED) is 0.796. The molecule has 1 heterocycles. The van der Waals surface area contributed by atoms with Gasteiger partial charge in [-0.3, -0.25) is 10.1 Å². The van der Waals surface area contributed by atoms with Gasteiger partial charge in [0.25, 0.3) is 0 Å². The first-order valence-corrected chi connectivity index (χ1v) is 5.35. The van der Waals surface area contributed by atoms with Crippen molar-refractivity contribution >= 4 is 11.9 Å². The van der Waals surface area contributed by atoms with Crippen molar-refractivity contribution in [3.05, 3.63) is 0 Å². The molecular weight excluding hydrogens is 208 g/mol. The molecule has 6 heteroatoms. The van der Waals surface area contributed by atoms with Crippen LogP contribution in [0.5, 0.6) is 6.01 Å².